The molecule has 0 aliphatic heterocycles. The summed E-state index contributed by atoms with van der Waals surface area (Å²) in [5, 5.41) is 0. The maximum atomic E-state index is 11.9. The largest absolute Gasteiger partial charge is 0.369 e. The fourth-order valence-electron chi connectivity index (χ4n) is 2.30. The Kier molecular flexibility index (Phi) is 6.08. The van der Waals surface area contributed by atoms with Gasteiger partial charge in [-0.25, -0.2) is 0 Å². The van der Waals surface area contributed by atoms with Crippen molar-refractivity contribution in [1.82, 2.24) is 0 Å². The molecule has 0 saturated carbocycles. The van der Waals surface area contributed by atoms with Gasteiger partial charge in [-0.2, -0.15) is 0 Å². The van der Waals surface area contributed by atoms with Crippen molar-refractivity contribution in [2.45, 2.75) is 38.0 Å². The number of rotatable bonds is 7. The molecule has 1 atom stereocenters. The van der Waals surface area contributed by atoms with Gasteiger partial charge in [0.25, 0.3) is 0 Å². The van der Waals surface area contributed by atoms with Crippen LogP contribution in [0.3, 0.4) is 0 Å². The van der Waals surface area contributed by atoms with Crippen LogP contribution in [0.4, 0.5) is 0 Å². The molecule has 0 saturated heterocycles. The van der Waals surface area contributed by atoms with Crippen LogP contribution < -0.4 is 11.5 Å². The van der Waals surface area contributed by atoms with Crippen LogP contribution in [0.1, 0.15) is 38.2 Å². The Morgan fingerprint density at radius 1 is 1.28 bits per heavy atom. The Labute approximate surface area is 122 Å². The Morgan fingerprint density at radius 3 is 2.33 bits per heavy atom. The number of hydrogen-bond acceptors (Lipinski definition) is 2. The van der Waals surface area contributed by atoms with Gasteiger partial charge in [0.2, 0.25) is 5.91 Å². The van der Waals surface area contributed by atoms with Crippen molar-refractivity contribution < 1.29 is 4.79 Å². The summed E-state index contributed by atoms with van der Waals surface area (Å²) in [6, 6.07) is 8.06. The van der Waals surface area contributed by atoms with Crippen molar-refractivity contribution >= 4 is 28.5 Å². The Balaban J connectivity index is 3.02. The summed E-state index contributed by atoms with van der Waals surface area (Å²) in [5.41, 5.74) is 11.7. The first kappa shape index (κ1) is 15.4. The van der Waals surface area contributed by atoms with Crippen molar-refractivity contribution in [3.05, 3.63) is 33.4 Å². The number of unbranched alkanes of at least 4 members (excludes halogenated alkanes) is 1. The lowest BCUT2D eigenvalue weighted by Crippen LogP contribution is -2.40. The summed E-state index contributed by atoms with van der Waals surface area (Å²) >= 11 is 2.26. The minimum atomic E-state index is -0.542. The average molecular weight is 360 g/mol. The van der Waals surface area contributed by atoms with E-state index in [1.807, 2.05) is 31.2 Å². The zero-order chi connectivity index (χ0) is 13.6. The summed E-state index contributed by atoms with van der Waals surface area (Å²) in [7, 11) is 0. The Morgan fingerprint density at radius 2 is 1.89 bits per heavy atom. The van der Waals surface area contributed by atoms with Crippen molar-refractivity contribution in [3.63, 3.8) is 0 Å². The normalized spacial score (nSPS) is 14.2. The quantitative estimate of drug-likeness (QED) is 0.580. The molecule has 1 amide bonds. The van der Waals surface area contributed by atoms with E-state index in [1.54, 1.807) is 0 Å². The van der Waals surface area contributed by atoms with E-state index in [0.717, 1.165) is 34.8 Å². The van der Waals surface area contributed by atoms with Gasteiger partial charge in [0.15, 0.2) is 0 Å². The number of hydrogen-bond donors (Lipinski definition) is 2. The second-order valence-corrected chi connectivity index (χ2v) is 5.80. The summed E-state index contributed by atoms with van der Waals surface area (Å²) in [6.45, 7) is 2.68. The van der Waals surface area contributed by atoms with E-state index in [1.165, 1.54) is 0 Å². The first-order valence-corrected chi connectivity index (χ1v) is 7.40. The second kappa shape index (κ2) is 7.09. The third-order valence-corrected chi connectivity index (χ3v) is 4.25. The van der Waals surface area contributed by atoms with Crippen LogP contribution >= 0.6 is 22.6 Å². The number of carbonyl (C=O) groups is 1. The minimum Gasteiger partial charge on any atom is -0.369 e. The lowest BCUT2D eigenvalue weighted by atomic mass is 9.73. The summed E-state index contributed by atoms with van der Waals surface area (Å²) in [4.78, 5) is 11.9. The van der Waals surface area contributed by atoms with Crippen molar-refractivity contribution in [2.24, 2.45) is 11.5 Å². The zero-order valence-corrected chi connectivity index (χ0v) is 12.9. The van der Waals surface area contributed by atoms with Crippen LogP contribution in [0.5, 0.6) is 0 Å². The first-order valence-electron chi connectivity index (χ1n) is 6.33. The van der Waals surface area contributed by atoms with Crippen molar-refractivity contribution in [3.8, 4) is 0 Å². The van der Waals surface area contributed by atoms with Gasteiger partial charge in [-0.3, -0.25) is 4.79 Å². The van der Waals surface area contributed by atoms with Crippen LogP contribution in [0, 0.1) is 3.57 Å². The Bertz CT molecular complexity index is 391. The number of nitrogens with two attached hydrogens (primary N) is 2. The smallest absolute Gasteiger partial charge is 0.228 e. The third kappa shape index (κ3) is 3.45. The van der Waals surface area contributed by atoms with E-state index in [9.17, 15) is 4.79 Å². The molecule has 1 aromatic carbocycles. The van der Waals surface area contributed by atoms with Gasteiger partial charge < -0.3 is 11.5 Å². The van der Waals surface area contributed by atoms with Crippen molar-refractivity contribution in [1.29, 1.82) is 0 Å². The van der Waals surface area contributed by atoms with E-state index in [0.29, 0.717) is 6.54 Å². The van der Waals surface area contributed by atoms with Gasteiger partial charge in [-0.05, 0) is 66.1 Å². The summed E-state index contributed by atoms with van der Waals surface area (Å²) in [6.07, 6.45) is 3.36. The van der Waals surface area contributed by atoms with Crippen LogP contribution in [0.25, 0.3) is 0 Å². The highest BCUT2D eigenvalue weighted by atomic mass is 127. The van der Waals surface area contributed by atoms with Gasteiger partial charge in [0.05, 0.1) is 5.41 Å². The van der Waals surface area contributed by atoms with E-state index < -0.39 is 5.41 Å². The van der Waals surface area contributed by atoms with Crippen LogP contribution in [0.15, 0.2) is 24.3 Å². The second-order valence-electron chi connectivity index (χ2n) is 4.55. The van der Waals surface area contributed by atoms with Crippen LogP contribution in [-0.2, 0) is 10.2 Å². The molecule has 0 aliphatic rings. The van der Waals surface area contributed by atoms with E-state index >= 15 is 0 Å². The molecular weight excluding hydrogens is 339 g/mol. The number of carbonyl (C=O) groups excluding carboxylic acids is 1. The number of amides is 1. The minimum absolute atomic E-state index is 0.233. The maximum absolute atomic E-state index is 11.9. The Hall–Kier alpha value is -0.620. The van der Waals surface area contributed by atoms with Crippen LogP contribution in [0.2, 0.25) is 0 Å². The fourth-order valence-corrected chi connectivity index (χ4v) is 2.66. The molecule has 3 nitrogen and oxygen atoms in total. The monoisotopic (exact) mass is 360 g/mol. The molecule has 0 heterocycles. The van der Waals surface area contributed by atoms with Gasteiger partial charge >= 0.3 is 0 Å². The molecule has 0 aromatic heterocycles. The molecule has 4 N–H and O–H groups in total. The highest BCUT2D eigenvalue weighted by Crippen LogP contribution is 2.33. The predicted octanol–water partition coefficient (Wildman–Crippen LogP) is 2.55. The van der Waals surface area contributed by atoms with Crippen molar-refractivity contribution in [2.75, 3.05) is 6.54 Å². The molecule has 1 rings (SSSR count). The number of halogens is 1. The fraction of sp³-hybridized carbons (Fsp3) is 0.500. The molecule has 100 valence electrons. The number of benzene rings is 1. The first-order chi connectivity index (χ1) is 8.56. The highest BCUT2D eigenvalue weighted by molar-refractivity contribution is 14.1. The van der Waals surface area contributed by atoms with Gasteiger partial charge in [0.1, 0.15) is 0 Å². The van der Waals surface area contributed by atoms with Gasteiger partial charge in [0, 0.05) is 3.57 Å². The number of primary amides is 1. The van der Waals surface area contributed by atoms with E-state index in [2.05, 4.69) is 22.6 Å². The predicted molar refractivity (Wildman–Crippen MR) is 83.2 cm³/mol. The highest BCUT2D eigenvalue weighted by Gasteiger charge is 2.35. The third-order valence-electron chi connectivity index (χ3n) is 3.53. The lowest BCUT2D eigenvalue weighted by molar-refractivity contribution is -0.124. The maximum Gasteiger partial charge on any atom is 0.228 e. The van der Waals surface area contributed by atoms with Gasteiger partial charge in [-0.15, -0.1) is 0 Å². The summed E-state index contributed by atoms with van der Waals surface area (Å²) < 4.78 is 1.16. The summed E-state index contributed by atoms with van der Waals surface area (Å²) in [5.74, 6) is -0.233. The molecule has 4 heteroatoms. The van der Waals surface area contributed by atoms with Crippen LogP contribution in [-0.4, -0.2) is 12.5 Å². The SMILES string of the molecule is CCC(CCCCN)(C(N)=O)c1ccc(I)cc1. The standard InChI is InChI=1S/C14H21IN2O/c1-2-14(13(17)18,9-3-4-10-16)11-5-7-12(15)8-6-11/h5-8H,2-4,9-10,16H2,1H3,(H2,17,18). The molecule has 0 fully saturated rings. The molecule has 1 unspecified atom stereocenters. The van der Waals surface area contributed by atoms with E-state index in [4.69, 9.17) is 11.5 Å². The van der Waals surface area contributed by atoms with Gasteiger partial charge in [-0.1, -0.05) is 25.5 Å². The zero-order valence-electron chi connectivity index (χ0n) is 10.8. The molecule has 1 aromatic rings. The molecule has 0 spiro atoms. The lowest BCUT2D eigenvalue weighted by Gasteiger charge is -2.30. The topological polar surface area (TPSA) is 69.1 Å². The average Bonchev–Trinajstić information content (AvgIpc) is 2.36. The van der Waals surface area contributed by atoms with E-state index in [-0.39, 0.29) is 5.91 Å². The molecule has 0 bridgehead atoms. The molecule has 18 heavy (non-hydrogen) atoms. The molecule has 0 aliphatic carbocycles. The molecular formula is C14H21IN2O. The molecule has 0 radical (unpaired) electrons.